The van der Waals surface area contributed by atoms with Crippen molar-refractivity contribution in [1.29, 1.82) is 0 Å². The van der Waals surface area contributed by atoms with Gasteiger partial charge in [0, 0.05) is 19.7 Å². The van der Waals surface area contributed by atoms with Gasteiger partial charge in [0.15, 0.2) is 0 Å². The predicted octanol–water partition coefficient (Wildman–Crippen LogP) is 1.98. The van der Waals surface area contributed by atoms with Gasteiger partial charge in [0.25, 0.3) is 0 Å². The molecular formula is C13H15NO2. The average molecular weight is 217 g/mol. The van der Waals surface area contributed by atoms with Crippen LogP contribution in [0.3, 0.4) is 0 Å². The summed E-state index contributed by atoms with van der Waals surface area (Å²) in [4.78, 5) is 11.8. The standard InChI is InChI=1S/C13H15NO2/c1-3-5-12(10-7-8-10)16-13(15)11-6-4-9-14(11)2/h1,4,6,9-10,12H,5,7-8H2,2H3/t12-/m1/s1. The maximum Gasteiger partial charge on any atom is 0.355 e. The molecule has 1 fully saturated rings. The van der Waals surface area contributed by atoms with Crippen molar-refractivity contribution in [3.05, 3.63) is 24.0 Å². The number of hydrogen-bond donors (Lipinski definition) is 0. The molecule has 0 saturated heterocycles. The summed E-state index contributed by atoms with van der Waals surface area (Å²) in [7, 11) is 1.82. The number of aryl methyl sites for hydroxylation is 1. The van der Waals surface area contributed by atoms with E-state index in [2.05, 4.69) is 5.92 Å². The van der Waals surface area contributed by atoms with E-state index in [1.165, 1.54) is 0 Å². The van der Waals surface area contributed by atoms with Gasteiger partial charge in [-0.1, -0.05) is 0 Å². The summed E-state index contributed by atoms with van der Waals surface area (Å²) in [5.74, 6) is 2.76. The first-order valence-electron chi connectivity index (χ1n) is 5.48. The number of carbonyl (C=O) groups is 1. The highest BCUT2D eigenvalue weighted by atomic mass is 16.5. The van der Waals surface area contributed by atoms with Crippen molar-refractivity contribution in [2.24, 2.45) is 13.0 Å². The molecule has 1 saturated carbocycles. The van der Waals surface area contributed by atoms with Crippen LogP contribution in [0.2, 0.25) is 0 Å². The van der Waals surface area contributed by atoms with Gasteiger partial charge >= 0.3 is 5.97 Å². The lowest BCUT2D eigenvalue weighted by atomic mass is 10.2. The Morgan fingerprint density at radius 1 is 1.75 bits per heavy atom. The highest BCUT2D eigenvalue weighted by molar-refractivity contribution is 5.87. The molecule has 0 amide bonds. The number of nitrogens with zero attached hydrogens (tertiary/aromatic N) is 1. The van der Waals surface area contributed by atoms with Crippen LogP contribution in [-0.2, 0) is 11.8 Å². The zero-order valence-electron chi connectivity index (χ0n) is 9.35. The zero-order chi connectivity index (χ0) is 11.5. The van der Waals surface area contributed by atoms with Gasteiger partial charge in [-0.25, -0.2) is 4.79 Å². The molecule has 0 aliphatic heterocycles. The molecule has 1 aliphatic carbocycles. The molecule has 1 aromatic rings. The SMILES string of the molecule is C#CC[C@@H](OC(=O)c1cccn1C)C1CC1. The molecule has 0 spiro atoms. The van der Waals surface area contributed by atoms with Gasteiger partial charge in [-0.05, 0) is 30.9 Å². The van der Waals surface area contributed by atoms with Gasteiger partial charge in [-0.15, -0.1) is 12.3 Å². The first kappa shape index (κ1) is 10.8. The van der Waals surface area contributed by atoms with E-state index in [1.54, 1.807) is 10.6 Å². The number of hydrogen-bond acceptors (Lipinski definition) is 2. The van der Waals surface area contributed by atoms with Gasteiger partial charge in [-0.2, -0.15) is 0 Å². The second-order valence-corrected chi connectivity index (χ2v) is 4.19. The average Bonchev–Trinajstić information content (AvgIpc) is 3.00. The van der Waals surface area contributed by atoms with Crippen LogP contribution in [-0.4, -0.2) is 16.6 Å². The van der Waals surface area contributed by atoms with Crippen molar-refractivity contribution in [2.75, 3.05) is 0 Å². The Morgan fingerprint density at radius 3 is 3.00 bits per heavy atom. The fraction of sp³-hybridized carbons (Fsp3) is 0.462. The van der Waals surface area contributed by atoms with Crippen LogP contribution in [0, 0.1) is 18.3 Å². The quantitative estimate of drug-likeness (QED) is 0.570. The van der Waals surface area contributed by atoms with Crippen LogP contribution in [0.25, 0.3) is 0 Å². The summed E-state index contributed by atoms with van der Waals surface area (Å²) in [6, 6.07) is 3.58. The molecule has 1 aliphatic rings. The smallest absolute Gasteiger partial charge is 0.355 e. The molecule has 0 N–H and O–H groups in total. The minimum absolute atomic E-state index is 0.104. The number of terminal acetylenes is 1. The summed E-state index contributed by atoms with van der Waals surface area (Å²) in [5.41, 5.74) is 0.572. The molecule has 2 rings (SSSR count). The summed E-state index contributed by atoms with van der Waals surface area (Å²) in [5, 5.41) is 0. The Hall–Kier alpha value is -1.69. The minimum Gasteiger partial charge on any atom is -0.456 e. The summed E-state index contributed by atoms with van der Waals surface area (Å²) in [6.07, 6.45) is 9.74. The lowest BCUT2D eigenvalue weighted by molar-refractivity contribution is 0.0250. The van der Waals surface area contributed by atoms with Gasteiger partial charge < -0.3 is 9.30 Å². The topological polar surface area (TPSA) is 31.2 Å². The van der Waals surface area contributed by atoms with Gasteiger partial charge in [0.2, 0.25) is 0 Å². The zero-order valence-corrected chi connectivity index (χ0v) is 9.35. The normalized spacial score (nSPS) is 16.5. The van der Waals surface area contributed by atoms with E-state index < -0.39 is 0 Å². The van der Waals surface area contributed by atoms with E-state index in [0.717, 1.165) is 12.8 Å². The van der Waals surface area contributed by atoms with Crippen LogP contribution >= 0.6 is 0 Å². The number of rotatable bonds is 4. The molecule has 0 aromatic carbocycles. The molecular weight excluding hydrogens is 202 g/mol. The van der Waals surface area contributed by atoms with Crippen LogP contribution in [0.4, 0.5) is 0 Å². The van der Waals surface area contributed by atoms with Gasteiger partial charge in [0.05, 0.1) is 0 Å². The predicted molar refractivity (Wildman–Crippen MR) is 60.8 cm³/mol. The third kappa shape index (κ3) is 2.27. The molecule has 1 aromatic heterocycles. The van der Waals surface area contributed by atoms with Crippen molar-refractivity contribution < 1.29 is 9.53 Å². The molecule has 0 bridgehead atoms. The Morgan fingerprint density at radius 2 is 2.50 bits per heavy atom. The molecule has 3 nitrogen and oxygen atoms in total. The fourth-order valence-electron chi connectivity index (χ4n) is 1.76. The third-order valence-electron chi connectivity index (χ3n) is 2.88. The molecule has 0 unspecified atom stereocenters. The van der Waals surface area contributed by atoms with Crippen LogP contribution in [0.5, 0.6) is 0 Å². The summed E-state index contributed by atoms with van der Waals surface area (Å²) >= 11 is 0. The van der Waals surface area contributed by atoms with E-state index in [-0.39, 0.29) is 12.1 Å². The monoisotopic (exact) mass is 217 g/mol. The van der Waals surface area contributed by atoms with Crippen LogP contribution in [0.1, 0.15) is 29.8 Å². The number of carbonyl (C=O) groups excluding carboxylic acids is 1. The van der Waals surface area contributed by atoms with E-state index >= 15 is 0 Å². The Balaban J connectivity index is 2.00. The van der Waals surface area contributed by atoms with Gasteiger partial charge in [-0.3, -0.25) is 0 Å². The second kappa shape index (κ2) is 4.44. The van der Waals surface area contributed by atoms with Crippen molar-refractivity contribution in [3.63, 3.8) is 0 Å². The number of esters is 1. The highest BCUT2D eigenvalue weighted by Gasteiger charge is 2.33. The maximum atomic E-state index is 11.8. The first-order valence-corrected chi connectivity index (χ1v) is 5.48. The summed E-state index contributed by atoms with van der Waals surface area (Å²) < 4.78 is 7.19. The van der Waals surface area contributed by atoms with E-state index in [9.17, 15) is 4.79 Å². The van der Waals surface area contributed by atoms with E-state index in [1.807, 2.05) is 19.3 Å². The molecule has 3 heteroatoms. The molecule has 1 heterocycles. The first-order chi connectivity index (χ1) is 7.72. The molecule has 0 radical (unpaired) electrons. The highest BCUT2D eigenvalue weighted by Crippen LogP contribution is 2.36. The maximum absolute atomic E-state index is 11.8. The van der Waals surface area contributed by atoms with Crippen molar-refractivity contribution in [2.45, 2.75) is 25.4 Å². The van der Waals surface area contributed by atoms with Crippen LogP contribution in [0.15, 0.2) is 18.3 Å². The Labute approximate surface area is 95.4 Å². The second-order valence-electron chi connectivity index (χ2n) is 4.19. The van der Waals surface area contributed by atoms with Crippen molar-refractivity contribution in [1.82, 2.24) is 4.57 Å². The Kier molecular flexibility index (Phi) is 3.00. The lowest BCUT2D eigenvalue weighted by Crippen LogP contribution is -2.21. The van der Waals surface area contributed by atoms with Crippen molar-refractivity contribution >= 4 is 5.97 Å². The number of aromatic nitrogens is 1. The lowest BCUT2D eigenvalue weighted by Gasteiger charge is -2.14. The fourth-order valence-corrected chi connectivity index (χ4v) is 1.76. The Bertz CT molecular complexity index is 423. The number of ether oxygens (including phenoxy) is 1. The minimum atomic E-state index is -0.278. The van der Waals surface area contributed by atoms with E-state index in [0.29, 0.717) is 18.0 Å². The van der Waals surface area contributed by atoms with Crippen LogP contribution < -0.4 is 0 Å². The third-order valence-corrected chi connectivity index (χ3v) is 2.88. The molecule has 1 atom stereocenters. The molecule has 16 heavy (non-hydrogen) atoms. The summed E-state index contributed by atoms with van der Waals surface area (Å²) in [6.45, 7) is 0. The largest absolute Gasteiger partial charge is 0.456 e. The van der Waals surface area contributed by atoms with E-state index in [4.69, 9.17) is 11.2 Å². The molecule has 84 valence electrons. The van der Waals surface area contributed by atoms with Gasteiger partial charge in [0.1, 0.15) is 11.8 Å². The van der Waals surface area contributed by atoms with Crippen molar-refractivity contribution in [3.8, 4) is 12.3 Å².